The van der Waals surface area contributed by atoms with Gasteiger partial charge in [0, 0.05) is 23.6 Å². The maximum absolute atomic E-state index is 14.6. The summed E-state index contributed by atoms with van der Waals surface area (Å²) in [5.41, 5.74) is -7.17. The van der Waals surface area contributed by atoms with Crippen molar-refractivity contribution >= 4 is 44.3 Å². The number of aliphatic imine (C=N–C) groups is 1. The van der Waals surface area contributed by atoms with E-state index in [1.54, 1.807) is 7.85 Å². The second-order valence-corrected chi connectivity index (χ2v) is 9.41. The minimum atomic E-state index is -5.94. The topological polar surface area (TPSA) is 77.0 Å². The van der Waals surface area contributed by atoms with Gasteiger partial charge in [0.15, 0.2) is 5.17 Å². The number of amidine groups is 1. The first-order chi connectivity index (χ1) is 13.4. The first-order valence-electron chi connectivity index (χ1n) is 7.93. The molecule has 2 heterocycles. The molecule has 0 fully saturated rings. The van der Waals surface area contributed by atoms with E-state index in [0.717, 1.165) is 12.1 Å². The van der Waals surface area contributed by atoms with Gasteiger partial charge >= 0.3 is 15.6 Å². The molecule has 2 aliphatic heterocycles. The molecule has 0 amide bonds. The summed E-state index contributed by atoms with van der Waals surface area (Å²) in [7, 11) is -2.03. The summed E-state index contributed by atoms with van der Waals surface area (Å²) < 4.78 is 97.6. The van der Waals surface area contributed by atoms with Gasteiger partial charge in [0.25, 0.3) is 5.95 Å². The Morgan fingerprint density at radius 1 is 1.38 bits per heavy atom. The fourth-order valence-corrected chi connectivity index (χ4v) is 4.90. The number of nitrogens with zero attached hydrogens (tertiary/aromatic N) is 1. The standard InChI is InChI=1S/C14H13BF5N2O4PS2/c15-11-8-4-10(26-29(23,24)14(18,19)20)25-5-13(8,21-12(22-27)28-11)7-2-1-6(16)3-9(7)17/h1-4,8,11H,5,15,27H2,(H,21,22)/t8-,11-,13+/m0/s1. The van der Waals surface area contributed by atoms with Crippen LogP contribution in [0.4, 0.5) is 22.0 Å². The first kappa shape index (κ1) is 22.2. The summed E-state index contributed by atoms with van der Waals surface area (Å²) in [6.07, 6.45) is 1.02. The second kappa shape index (κ2) is 7.62. The Morgan fingerprint density at radius 2 is 2.07 bits per heavy atom. The average Bonchev–Trinajstić information content (AvgIpc) is 2.60. The lowest BCUT2D eigenvalue weighted by molar-refractivity contribution is -0.0589. The van der Waals surface area contributed by atoms with Gasteiger partial charge in [0.1, 0.15) is 31.6 Å². The van der Waals surface area contributed by atoms with Crippen molar-refractivity contribution in [3.63, 3.8) is 0 Å². The molecule has 0 saturated heterocycles. The highest BCUT2D eigenvalue weighted by Gasteiger charge is 2.53. The molecule has 2 aliphatic rings. The van der Waals surface area contributed by atoms with Gasteiger partial charge in [-0.3, -0.25) is 0 Å². The van der Waals surface area contributed by atoms with Crippen LogP contribution in [0.2, 0.25) is 0 Å². The molecule has 1 aromatic carbocycles. The molecule has 4 atom stereocenters. The van der Waals surface area contributed by atoms with E-state index in [0.29, 0.717) is 11.2 Å². The minimum Gasteiger partial charge on any atom is -0.462 e. The van der Waals surface area contributed by atoms with E-state index in [1.807, 2.05) is 0 Å². The molecule has 0 saturated carbocycles. The molecule has 1 aromatic rings. The van der Waals surface area contributed by atoms with Crippen LogP contribution in [0.3, 0.4) is 0 Å². The zero-order valence-electron chi connectivity index (χ0n) is 14.5. The van der Waals surface area contributed by atoms with Crippen LogP contribution in [0.1, 0.15) is 5.56 Å². The van der Waals surface area contributed by atoms with Gasteiger partial charge in [-0.25, -0.2) is 13.8 Å². The van der Waals surface area contributed by atoms with Crippen molar-refractivity contribution in [1.29, 1.82) is 0 Å². The second-order valence-electron chi connectivity index (χ2n) is 6.22. The van der Waals surface area contributed by atoms with Crippen molar-refractivity contribution in [2.45, 2.75) is 16.2 Å². The molecule has 0 bridgehead atoms. The lowest BCUT2D eigenvalue weighted by Gasteiger charge is -2.45. The van der Waals surface area contributed by atoms with Crippen LogP contribution >= 0.6 is 21.2 Å². The van der Waals surface area contributed by atoms with Crippen LogP contribution in [0.25, 0.3) is 0 Å². The number of benzene rings is 1. The maximum Gasteiger partial charge on any atom is 0.534 e. The van der Waals surface area contributed by atoms with E-state index < -0.39 is 56.4 Å². The van der Waals surface area contributed by atoms with Crippen molar-refractivity contribution < 1.29 is 39.3 Å². The molecule has 158 valence electrons. The third-order valence-corrected chi connectivity index (χ3v) is 6.93. The van der Waals surface area contributed by atoms with Crippen molar-refractivity contribution in [1.82, 2.24) is 5.09 Å². The Balaban J connectivity index is 2.10. The van der Waals surface area contributed by atoms with Gasteiger partial charge in [0.2, 0.25) is 0 Å². The van der Waals surface area contributed by atoms with Gasteiger partial charge < -0.3 is 14.0 Å². The zero-order chi connectivity index (χ0) is 21.6. The van der Waals surface area contributed by atoms with Crippen LogP contribution in [0.5, 0.6) is 0 Å². The first-order valence-corrected chi connectivity index (χ1v) is 10.8. The van der Waals surface area contributed by atoms with Crippen molar-refractivity contribution in [3.8, 4) is 0 Å². The summed E-state index contributed by atoms with van der Waals surface area (Å²) in [5.74, 6) is -3.44. The van der Waals surface area contributed by atoms with Crippen LogP contribution in [0, 0.1) is 17.6 Å². The number of alkyl halides is 3. The number of hydrogen-bond donors (Lipinski definition) is 1. The van der Waals surface area contributed by atoms with Crippen molar-refractivity contribution in [2.75, 3.05) is 6.61 Å². The monoisotopic (exact) mass is 474 g/mol. The number of hydrogen-bond acceptors (Lipinski definition) is 7. The van der Waals surface area contributed by atoms with Gasteiger partial charge in [-0.05, 0) is 20.6 Å². The molecular formula is C14H13BF5N2O4PS2. The van der Waals surface area contributed by atoms with E-state index in [1.165, 1.54) is 17.8 Å². The third kappa shape index (κ3) is 4.06. The van der Waals surface area contributed by atoms with Crippen LogP contribution < -0.4 is 5.09 Å². The van der Waals surface area contributed by atoms with Crippen molar-refractivity contribution in [2.24, 2.45) is 10.9 Å². The number of rotatable bonds is 3. The molecule has 1 N–H and O–H groups in total. The zero-order valence-corrected chi connectivity index (χ0v) is 17.3. The van der Waals surface area contributed by atoms with Crippen LogP contribution in [-0.2, 0) is 24.6 Å². The fourth-order valence-electron chi connectivity index (χ4n) is 3.13. The molecule has 6 nitrogen and oxygen atoms in total. The SMILES string of the molecule is B[C@H]1SC(NP)=N[C@@]2(c3ccc(F)cc3F)COC(OS(=O)(=O)C(F)(F)F)=C[C@@H]12. The Bertz CT molecular complexity index is 991. The summed E-state index contributed by atoms with van der Waals surface area (Å²) in [5, 5.41) is 2.70. The Kier molecular flexibility index (Phi) is 5.83. The summed E-state index contributed by atoms with van der Waals surface area (Å²) in [6, 6.07) is 2.84. The van der Waals surface area contributed by atoms with Crippen LogP contribution in [0.15, 0.2) is 35.2 Å². The van der Waals surface area contributed by atoms with Gasteiger partial charge in [-0.1, -0.05) is 17.8 Å². The third-order valence-electron chi connectivity index (χ3n) is 4.40. The lowest BCUT2D eigenvalue weighted by Crippen LogP contribution is -2.50. The highest BCUT2D eigenvalue weighted by Crippen LogP contribution is 2.48. The van der Waals surface area contributed by atoms with Gasteiger partial charge in [0.05, 0.1) is 0 Å². The molecule has 0 spiro atoms. The minimum absolute atomic E-state index is 0.0530. The predicted octanol–water partition coefficient (Wildman–Crippen LogP) is 1.96. The number of halogens is 5. The fraction of sp³-hybridized carbons (Fsp3) is 0.357. The molecule has 29 heavy (non-hydrogen) atoms. The van der Waals surface area contributed by atoms with Gasteiger partial charge in [-0.15, -0.1) is 0 Å². The summed E-state index contributed by atoms with van der Waals surface area (Å²) >= 11 is 1.19. The number of fused-ring (bicyclic) bond motifs is 1. The molecule has 0 aromatic heterocycles. The number of nitrogens with one attached hydrogen (secondary N) is 1. The Morgan fingerprint density at radius 3 is 2.66 bits per heavy atom. The van der Waals surface area contributed by atoms with Crippen LogP contribution in [-0.4, -0.2) is 38.7 Å². The highest BCUT2D eigenvalue weighted by molar-refractivity contribution is 8.15. The lowest BCUT2D eigenvalue weighted by atomic mass is 9.71. The number of thioether (sulfide) groups is 1. The molecule has 3 rings (SSSR count). The quantitative estimate of drug-likeness (QED) is 0.238. The Hall–Kier alpha value is -1.53. The number of ether oxygens (including phenoxy) is 1. The predicted molar refractivity (Wildman–Crippen MR) is 102 cm³/mol. The molecular weight excluding hydrogens is 461 g/mol. The smallest absolute Gasteiger partial charge is 0.462 e. The largest absolute Gasteiger partial charge is 0.534 e. The normalized spacial score (nSPS) is 27.2. The van der Waals surface area contributed by atoms with E-state index >= 15 is 0 Å². The van der Waals surface area contributed by atoms with E-state index in [-0.39, 0.29) is 5.56 Å². The Labute approximate surface area is 170 Å². The highest BCUT2D eigenvalue weighted by atomic mass is 32.2. The summed E-state index contributed by atoms with van der Waals surface area (Å²) in [6.45, 7) is -0.528. The van der Waals surface area contributed by atoms with E-state index in [4.69, 9.17) is 4.74 Å². The molecule has 1 unspecified atom stereocenters. The average molecular weight is 474 g/mol. The molecule has 0 radical (unpaired) electrons. The maximum atomic E-state index is 14.6. The van der Waals surface area contributed by atoms with E-state index in [9.17, 15) is 30.4 Å². The molecule has 15 heteroatoms. The molecule has 0 aliphatic carbocycles. The van der Waals surface area contributed by atoms with Crippen molar-refractivity contribution in [3.05, 3.63) is 47.4 Å². The van der Waals surface area contributed by atoms with E-state index in [2.05, 4.69) is 23.7 Å². The summed E-state index contributed by atoms with van der Waals surface area (Å²) in [4.78, 5) is 4.43. The van der Waals surface area contributed by atoms with Gasteiger partial charge in [-0.2, -0.15) is 21.6 Å².